The van der Waals surface area contributed by atoms with Crippen molar-refractivity contribution in [3.05, 3.63) is 90.0 Å². The average molecular weight is 451 g/mol. The van der Waals surface area contributed by atoms with Gasteiger partial charge >= 0.3 is 0 Å². The first-order valence-electron chi connectivity index (χ1n) is 10.5. The van der Waals surface area contributed by atoms with Gasteiger partial charge in [0.05, 0.1) is 17.1 Å². The molecule has 6 nitrogen and oxygen atoms in total. The molecule has 0 saturated carbocycles. The van der Waals surface area contributed by atoms with Crippen LogP contribution in [0.5, 0.6) is 5.75 Å². The fourth-order valence-corrected chi connectivity index (χ4v) is 5.15. The normalized spacial score (nSPS) is 16.6. The third-order valence-electron chi connectivity index (χ3n) is 5.59. The molecule has 166 valence electrons. The summed E-state index contributed by atoms with van der Waals surface area (Å²) in [6.07, 6.45) is -0.951. The van der Waals surface area contributed by atoms with Crippen LogP contribution in [0.3, 0.4) is 0 Å². The highest BCUT2D eigenvalue weighted by atomic mass is 32.2. The van der Waals surface area contributed by atoms with E-state index in [0.717, 1.165) is 11.1 Å². The van der Waals surface area contributed by atoms with Crippen LogP contribution in [0.4, 0.5) is 5.69 Å². The zero-order valence-electron chi connectivity index (χ0n) is 18.1. The van der Waals surface area contributed by atoms with Gasteiger partial charge in [0, 0.05) is 6.54 Å². The van der Waals surface area contributed by atoms with E-state index in [-0.39, 0.29) is 23.3 Å². The number of hydrogen-bond donors (Lipinski definition) is 1. The van der Waals surface area contributed by atoms with E-state index in [2.05, 4.69) is 5.32 Å². The van der Waals surface area contributed by atoms with Gasteiger partial charge in [-0.1, -0.05) is 67.1 Å². The molecule has 0 fully saturated rings. The summed E-state index contributed by atoms with van der Waals surface area (Å²) in [6.45, 7) is 4.26. The van der Waals surface area contributed by atoms with Crippen LogP contribution in [0, 0.1) is 6.92 Å². The fraction of sp³-hybridized carbons (Fsp3) is 0.240. The van der Waals surface area contributed by atoms with Crippen LogP contribution in [0.1, 0.15) is 24.0 Å². The SMILES string of the molecule is Cc1ccc(S(=O)(=O)N2C[C@@H](C(=O)NC[C@@H](C)c3ccccc3)Oc3ccccc32)cc1. The molecule has 0 unspecified atom stereocenters. The summed E-state index contributed by atoms with van der Waals surface area (Å²) >= 11 is 0. The van der Waals surface area contributed by atoms with E-state index in [4.69, 9.17) is 4.74 Å². The molecule has 1 aliphatic rings. The molecule has 1 heterocycles. The lowest BCUT2D eigenvalue weighted by atomic mass is 10.0. The van der Waals surface area contributed by atoms with E-state index >= 15 is 0 Å². The second kappa shape index (κ2) is 9.04. The van der Waals surface area contributed by atoms with Gasteiger partial charge in [-0.15, -0.1) is 0 Å². The van der Waals surface area contributed by atoms with E-state index in [1.54, 1.807) is 48.5 Å². The van der Waals surface area contributed by atoms with Gasteiger partial charge in [-0.3, -0.25) is 9.10 Å². The molecule has 7 heteroatoms. The fourth-order valence-electron chi connectivity index (χ4n) is 3.67. The lowest BCUT2D eigenvalue weighted by Gasteiger charge is -2.34. The smallest absolute Gasteiger partial charge is 0.264 e. The number of rotatable bonds is 6. The predicted octanol–water partition coefficient (Wildman–Crippen LogP) is 3.87. The molecule has 3 aromatic carbocycles. The number of amides is 1. The number of carbonyl (C=O) groups excluding carboxylic acids is 1. The van der Waals surface area contributed by atoms with Crippen molar-refractivity contribution in [3.8, 4) is 5.75 Å². The van der Waals surface area contributed by atoms with E-state index < -0.39 is 16.1 Å². The highest BCUT2D eigenvalue weighted by Gasteiger charge is 2.37. The number of nitrogens with zero attached hydrogens (tertiary/aromatic N) is 1. The highest BCUT2D eigenvalue weighted by molar-refractivity contribution is 7.92. The van der Waals surface area contributed by atoms with Crippen molar-refractivity contribution in [1.29, 1.82) is 0 Å². The van der Waals surface area contributed by atoms with Crippen LogP contribution < -0.4 is 14.4 Å². The third-order valence-corrected chi connectivity index (χ3v) is 7.38. The maximum Gasteiger partial charge on any atom is 0.264 e. The molecule has 2 atom stereocenters. The van der Waals surface area contributed by atoms with E-state index in [0.29, 0.717) is 18.0 Å². The Kier molecular flexibility index (Phi) is 6.19. The molecule has 0 aliphatic carbocycles. The quantitative estimate of drug-likeness (QED) is 0.619. The predicted molar refractivity (Wildman–Crippen MR) is 124 cm³/mol. The maximum atomic E-state index is 13.4. The molecule has 3 aromatic rings. The van der Waals surface area contributed by atoms with Crippen LogP contribution in [0.15, 0.2) is 83.8 Å². The van der Waals surface area contributed by atoms with Gasteiger partial charge in [-0.05, 0) is 42.7 Å². The zero-order valence-corrected chi connectivity index (χ0v) is 18.9. The summed E-state index contributed by atoms with van der Waals surface area (Å²) in [6, 6.07) is 23.5. The van der Waals surface area contributed by atoms with Gasteiger partial charge in [0.2, 0.25) is 0 Å². The van der Waals surface area contributed by atoms with Gasteiger partial charge in [0.1, 0.15) is 5.75 Å². The molecule has 1 N–H and O–H groups in total. The number of sulfonamides is 1. The van der Waals surface area contributed by atoms with Gasteiger partial charge in [-0.2, -0.15) is 0 Å². The monoisotopic (exact) mass is 450 g/mol. The molecule has 0 bridgehead atoms. The summed E-state index contributed by atoms with van der Waals surface area (Å²) in [7, 11) is -3.86. The molecular formula is C25H26N2O4S. The minimum atomic E-state index is -3.86. The van der Waals surface area contributed by atoms with Gasteiger partial charge < -0.3 is 10.1 Å². The lowest BCUT2D eigenvalue weighted by molar-refractivity contribution is -0.127. The number of nitrogens with one attached hydrogen (secondary N) is 1. The molecule has 1 aliphatic heterocycles. The van der Waals surface area contributed by atoms with Crippen molar-refractivity contribution in [2.45, 2.75) is 30.8 Å². The number of fused-ring (bicyclic) bond motifs is 1. The second-order valence-corrected chi connectivity index (χ2v) is 9.84. The lowest BCUT2D eigenvalue weighted by Crippen LogP contribution is -2.51. The minimum absolute atomic E-state index is 0.0984. The van der Waals surface area contributed by atoms with Gasteiger partial charge in [0.15, 0.2) is 6.10 Å². The molecule has 4 rings (SSSR count). The van der Waals surface area contributed by atoms with Crippen molar-refractivity contribution in [3.63, 3.8) is 0 Å². The first-order valence-corrected chi connectivity index (χ1v) is 12.0. The molecule has 1 amide bonds. The number of para-hydroxylation sites is 2. The first-order chi connectivity index (χ1) is 15.4. The molecule has 0 aromatic heterocycles. The standard InChI is InChI=1S/C25H26N2O4S/c1-18-12-14-21(15-13-18)32(29,30)27-17-24(31-23-11-7-6-10-22(23)27)25(28)26-16-19(2)20-8-4-3-5-9-20/h3-15,19,24H,16-17H2,1-2H3,(H,26,28)/t19-,24+/m1/s1. The van der Waals surface area contributed by atoms with Crippen LogP contribution in [-0.4, -0.2) is 33.5 Å². The van der Waals surface area contributed by atoms with E-state index in [9.17, 15) is 13.2 Å². The topological polar surface area (TPSA) is 75.7 Å². The Morgan fingerprint density at radius 2 is 1.69 bits per heavy atom. The molecule has 32 heavy (non-hydrogen) atoms. The first kappa shape index (κ1) is 21.9. The van der Waals surface area contributed by atoms with Crippen molar-refractivity contribution in [2.24, 2.45) is 0 Å². The summed E-state index contributed by atoms with van der Waals surface area (Å²) in [5.41, 5.74) is 2.51. The van der Waals surface area contributed by atoms with Gasteiger partial charge in [-0.25, -0.2) is 8.42 Å². The Balaban J connectivity index is 1.55. The van der Waals surface area contributed by atoms with Crippen LogP contribution >= 0.6 is 0 Å². The number of ether oxygens (including phenoxy) is 1. The Hall–Kier alpha value is -3.32. The Bertz CT molecular complexity index is 1190. The molecule has 0 saturated heterocycles. The summed E-state index contributed by atoms with van der Waals surface area (Å²) in [4.78, 5) is 13.1. The third kappa shape index (κ3) is 4.48. The van der Waals surface area contributed by atoms with Gasteiger partial charge in [0.25, 0.3) is 15.9 Å². The molecule has 0 radical (unpaired) electrons. The zero-order chi connectivity index (χ0) is 22.7. The number of carbonyl (C=O) groups is 1. The molecule has 0 spiro atoms. The second-order valence-electron chi connectivity index (χ2n) is 7.98. The van der Waals surface area contributed by atoms with E-state index in [1.807, 2.05) is 44.2 Å². The summed E-state index contributed by atoms with van der Waals surface area (Å²) in [5, 5.41) is 2.92. The summed E-state index contributed by atoms with van der Waals surface area (Å²) < 4.78 is 34.0. The average Bonchev–Trinajstić information content (AvgIpc) is 2.82. The number of aryl methyl sites for hydroxylation is 1. The highest BCUT2D eigenvalue weighted by Crippen LogP contribution is 2.36. The largest absolute Gasteiger partial charge is 0.476 e. The van der Waals surface area contributed by atoms with Crippen molar-refractivity contribution in [1.82, 2.24) is 5.32 Å². The molecular weight excluding hydrogens is 424 g/mol. The van der Waals surface area contributed by atoms with Crippen molar-refractivity contribution < 1.29 is 17.9 Å². The van der Waals surface area contributed by atoms with Crippen molar-refractivity contribution >= 4 is 21.6 Å². The number of hydrogen-bond acceptors (Lipinski definition) is 4. The number of benzene rings is 3. The summed E-state index contributed by atoms with van der Waals surface area (Å²) in [5.74, 6) is 0.139. The Morgan fingerprint density at radius 1 is 1.03 bits per heavy atom. The Morgan fingerprint density at radius 3 is 2.41 bits per heavy atom. The van der Waals surface area contributed by atoms with Crippen LogP contribution in [-0.2, 0) is 14.8 Å². The number of anilines is 1. The Labute approximate surface area is 188 Å². The van der Waals surface area contributed by atoms with E-state index in [1.165, 1.54) is 4.31 Å². The van der Waals surface area contributed by atoms with Crippen LogP contribution in [0.2, 0.25) is 0 Å². The van der Waals surface area contributed by atoms with Crippen LogP contribution in [0.25, 0.3) is 0 Å². The van der Waals surface area contributed by atoms with Crippen molar-refractivity contribution in [2.75, 3.05) is 17.4 Å². The maximum absolute atomic E-state index is 13.4. The minimum Gasteiger partial charge on any atom is -0.476 e.